The predicted octanol–water partition coefficient (Wildman–Crippen LogP) is 3.11. The Hall–Kier alpha value is -2.19. The minimum absolute atomic E-state index is 0.111. The van der Waals surface area contributed by atoms with Gasteiger partial charge in [-0.25, -0.2) is 13.4 Å². The highest BCUT2D eigenvalue weighted by Crippen LogP contribution is 2.31. The summed E-state index contributed by atoms with van der Waals surface area (Å²) < 4.78 is 38.6. The van der Waals surface area contributed by atoms with Crippen molar-refractivity contribution >= 4 is 16.0 Å². The van der Waals surface area contributed by atoms with Crippen molar-refractivity contribution in [2.24, 2.45) is 0 Å². The van der Waals surface area contributed by atoms with E-state index in [2.05, 4.69) is 4.98 Å². The second-order valence-corrected chi connectivity index (χ2v) is 9.19. The molecular weight excluding hydrogens is 380 g/mol. The molecule has 7 nitrogen and oxygen atoms in total. The molecule has 1 aromatic carbocycles. The van der Waals surface area contributed by atoms with Crippen LogP contribution in [0, 0.1) is 34.6 Å². The normalized spacial score (nSPS) is 17.8. The summed E-state index contributed by atoms with van der Waals surface area (Å²) in [6, 6.07) is 2.86. The lowest BCUT2D eigenvalue weighted by molar-refractivity contribution is -0.149. The van der Waals surface area contributed by atoms with Gasteiger partial charge >= 0.3 is 5.97 Å². The smallest absolute Gasteiger partial charge is 0.324 e. The van der Waals surface area contributed by atoms with Gasteiger partial charge in [0, 0.05) is 6.54 Å². The number of sulfonamides is 1. The zero-order valence-electron chi connectivity index (χ0n) is 16.9. The third-order valence-corrected chi connectivity index (χ3v) is 7.27. The summed E-state index contributed by atoms with van der Waals surface area (Å²) >= 11 is 0. The summed E-state index contributed by atoms with van der Waals surface area (Å²) in [6.45, 7) is 9.27. The molecule has 28 heavy (non-hydrogen) atoms. The Labute approximate surface area is 165 Å². The van der Waals surface area contributed by atoms with Gasteiger partial charge in [0.1, 0.15) is 11.8 Å². The molecule has 1 aliphatic heterocycles. The fourth-order valence-corrected chi connectivity index (χ4v) is 5.85. The first-order valence-corrected chi connectivity index (χ1v) is 10.7. The summed E-state index contributed by atoms with van der Waals surface area (Å²) in [7, 11) is -3.80. The fourth-order valence-electron chi connectivity index (χ4n) is 3.78. The maximum atomic E-state index is 13.3. The van der Waals surface area contributed by atoms with Crippen molar-refractivity contribution in [1.82, 2.24) is 9.29 Å². The van der Waals surface area contributed by atoms with Gasteiger partial charge in [-0.05, 0) is 58.6 Å². The highest BCUT2D eigenvalue weighted by atomic mass is 32.2. The minimum atomic E-state index is -3.80. The van der Waals surface area contributed by atoms with Gasteiger partial charge in [0.05, 0.1) is 10.6 Å². The Morgan fingerprint density at radius 3 is 2.43 bits per heavy atom. The summed E-state index contributed by atoms with van der Waals surface area (Å²) in [4.78, 5) is 17.1. The van der Waals surface area contributed by atoms with E-state index in [0.29, 0.717) is 42.2 Å². The standard InChI is InChI=1S/C20H26N2O5S/c1-12-9-13(2)19(14(3)10-12)28(24,25)22-8-6-7-17(22)20(23)26-11-18-21-15(4)16(5)27-18/h9-10,17H,6-8,11H2,1-5H3/t17-/m0/s1. The third-order valence-electron chi connectivity index (χ3n) is 5.06. The first kappa shape index (κ1) is 20.5. The summed E-state index contributed by atoms with van der Waals surface area (Å²) in [5.74, 6) is 0.402. The number of ether oxygens (including phenoxy) is 1. The quantitative estimate of drug-likeness (QED) is 0.709. The molecule has 152 valence electrons. The molecule has 3 rings (SSSR count). The molecule has 1 aliphatic rings. The van der Waals surface area contributed by atoms with Crippen molar-refractivity contribution in [3.8, 4) is 0 Å². The highest BCUT2D eigenvalue weighted by Gasteiger charge is 2.41. The molecule has 0 amide bonds. The number of benzene rings is 1. The van der Waals surface area contributed by atoms with E-state index in [4.69, 9.17) is 9.15 Å². The Morgan fingerprint density at radius 2 is 1.86 bits per heavy atom. The number of carbonyl (C=O) groups excluding carboxylic acids is 1. The SMILES string of the molecule is Cc1cc(C)c(S(=O)(=O)N2CCC[C@H]2C(=O)OCc2nc(C)c(C)o2)c(C)c1. The molecular formula is C20H26N2O5S. The zero-order chi connectivity index (χ0) is 20.6. The van der Waals surface area contributed by atoms with E-state index >= 15 is 0 Å². The van der Waals surface area contributed by atoms with Crippen molar-refractivity contribution in [2.75, 3.05) is 6.54 Å². The average Bonchev–Trinajstić information content (AvgIpc) is 3.19. The van der Waals surface area contributed by atoms with Crippen LogP contribution >= 0.6 is 0 Å². The van der Waals surface area contributed by atoms with E-state index in [0.717, 1.165) is 11.3 Å². The number of hydrogen-bond acceptors (Lipinski definition) is 6. The molecule has 0 spiro atoms. The highest BCUT2D eigenvalue weighted by molar-refractivity contribution is 7.89. The number of carbonyl (C=O) groups is 1. The van der Waals surface area contributed by atoms with Gasteiger partial charge in [-0.2, -0.15) is 4.31 Å². The lowest BCUT2D eigenvalue weighted by Gasteiger charge is -2.24. The van der Waals surface area contributed by atoms with Crippen LogP contribution in [0.3, 0.4) is 0 Å². The van der Waals surface area contributed by atoms with Gasteiger partial charge in [-0.3, -0.25) is 4.79 Å². The molecule has 0 radical (unpaired) electrons. The van der Waals surface area contributed by atoms with Gasteiger partial charge in [0.25, 0.3) is 0 Å². The van der Waals surface area contributed by atoms with Crippen molar-refractivity contribution in [1.29, 1.82) is 0 Å². The molecule has 0 unspecified atom stereocenters. The van der Waals surface area contributed by atoms with E-state index in [1.165, 1.54) is 4.31 Å². The van der Waals surface area contributed by atoms with Gasteiger partial charge in [-0.1, -0.05) is 17.7 Å². The van der Waals surface area contributed by atoms with Crippen LogP contribution < -0.4 is 0 Å². The first-order chi connectivity index (χ1) is 13.1. The van der Waals surface area contributed by atoms with E-state index in [-0.39, 0.29) is 11.5 Å². The van der Waals surface area contributed by atoms with Crippen LogP contribution in [0.15, 0.2) is 21.4 Å². The number of hydrogen-bond donors (Lipinski definition) is 0. The third kappa shape index (κ3) is 3.84. The van der Waals surface area contributed by atoms with Crippen molar-refractivity contribution in [3.63, 3.8) is 0 Å². The molecule has 8 heteroatoms. The van der Waals surface area contributed by atoms with Crippen molar-refractivity contribution < 1.29 is 22.4 Å². The number of oxazole rings is 1. The Morgan fingerprint density at radius 1 is 1.21 bits per heavy atom. The average molecular weight is 407 g/mol. The van der Waals surface area contributed by atoms with Gasteiger partial charge in [0.15, 0.2) is 6.61 Å². The summed E-state index contributed by atoms with van der Waals surface area (Å²) in [5, 5.41) is 0. The number of aryl methyl sites for hydroxylation is 5. The minimum Gasteiger partial charge on any atom is -0.454 e. The number of nitrogens with zero attached hydrogens (tertiary/aromatic N) is 2. The van der Waals surface area contributed by atoms with Crippen molar-refractivity contribution in [3.05, 3.63) is 46.2 Å². The van der Waals surface area contributed by atoms with E-state index in [1.54, 1.807) is 20.8 Å². The summed E-state index contributed by atoms with van der Waals surface area (Å²) in [6.07, 6.45) is 1.05. The molecule has 0 N–H and O–H groups in total. The van der Waals surface area contributed by atoms with E-state index < -0.39 is 22.0 Å². The van der Waals surface area contributed by atoms with Crippen LogP contribution in [0.1, 0.15) is 46.9 Å². The predicted molar refractivity (Wildman–Crippen MR) is 103 cm³/mol. The molecule has 1 fully saturated rings. The first-order valence-electron chi connectivity index (χ1n) is 9.30. The molecule has 1 aromatic heterocycles. The zero-order valence-corrected chi connectivity index (χ0v) is 17.7. The van der Waals surface area contributed by atoms with Crippen molar-refractivity contribution in [2.45, 2.75) is 65.0 Å². The van der Waals surface area contributed by atoms with E-state index in [9.17, 15) is 13.2 Å². The lowest BCUT2D eigenvalue weighted by Crippen LogP contribution is -2.41. The molecule has 2 aromatic rings. The van der Waals surface area contributed by atoms with Crippen LogP contribution in [0.2, 0.25) is 0 Å². The molecule has 1 saturated heterocycles. The lowest BCUT2D eigenvalue weighted by atomic mass is 10.1. The maximum Gasteiger partial charge on any atom is 0.324 e. The molecule has 1 atom stereocenters. The largest absolute Gasteiger partial charge is 0.454 e. The molecule has 0 saturated carbocycles. The molecule has 0 aliphatic carbocycles. The van der Waals surface area contributed by atoms with Crippen LogP contribution in [0.5, 0.6) is 0 Å². The number of rotatable bonds is 5. The summed E-state index contributed by atoms with van der Waals surface area (Å²) in [5.41, 5.74) is 3.11. The maximum absolute atomic E-state index is 13.3. The van der Waals surface area contributed by atoms with Crippen LogP contribution in [-0.2, 0) is 26.2 Å². The Kier molecular flexibility index (Phi) is 5.63. The topological polar surface area (TPSA) is 89.7 Å². The Bertz CT molecular complexity index is 967. The number of aromatic nitrogens is 1. The fraction of sp³-hybridized carbons (Fsp3) is 0.500. The monoisotopic (exact) mass is 406 g/mol. The van der Waals surface area contributed by atoms with Gasteiger partial charge in [0.2, 0.25) is 15.9 Å². The Balaban J connectivity index is 1.81. The molecule has 2 heterocycles. The van der Waals surface area contributed by atoms with E-state index in [1.807, 2.05) is 26.0 Å². The van der Waals surface area contributed by atoms with Gasteiger partial charge < -0.3 is 9.15 Å². The second kappa shape index (κ2) is 7.67. The van der Waals surface area contributed by atoms with Gasteiger partial charge in [-0.15, -0.1) is 0 Å². The number of esters is 1. The van der Waals surface area contributed by atoms with Crippen LogP contribution in [0.25, 0.3) is 0 Å². The van der Waals surface area contributed by atoms with Crippen LogP contribution in [0.4, 0.5) is 0 Å². The van der Waals surface area contributed by atoms with Crippen LogP contribution in [-0.4, -0.2) is 36.3 Å². The second-order valence-electron chi connectivity index (χ2n) is 7.36. The molecule has 0 bridgehead atoms.